The highest BCUT2D eigenvalue weighted by molar-refractivity contribution is 7.93. The fourth-order valence-corrected chi connectivity index (χ4v) is 4.84. The molecule has 1 aliphatic rings. The van der Waals surface area contributed by atoms with Crippen LogP contribution in [-0.2, 0) is 14.6 Å². The van der Waals surface area contributed by atoms with Gasteiger partial charge in [0.05, 0.1) is 12.0 Å². The first-order valence-electron chi connectivity index (χ1n) is 6.86. The van der Waals surface area contributed by atoms with Crippen LogP contribution in [0.15, 0.2) is 29.2 Å². The van der Waals surface area contributed by atoms with Gasteiger partial charge >= 0.3 is 5.97 Å². The minimum atomic E-state index is -3.94. The molecule has 0 heterocycles. The summed E-state index contributed by atoms with van der Waals surface area (Å²) in [5.41, 5.74) is 0. The molecule has 1 fully saturated rings. The molecule has 0 atom stereocenters. The second-order valence-electron chi connectivity index (χ2n) is 5.89. The van der Waals surface area contributed by atoms with E-state index in [0.717, 1.165) is 0 Å². The highest BCUT2D eigenvalue weighted by Crippen LogP contribution is 2.50. The molecular weight excluding hydrogens is 292 g/mol. The quantitative estimate of drug-likeness (QED) is 0.902. The molecule has 1 aliphatic carbocycles. The Morgan fingerprint density at radius 1 is 1.38 bits per heavy atom. The van der Waals surface area contributed by atoms with Crippen LogP contribution in [0.1, 0.15) is 26.7 Å². The molecule has 0 saturated heterocycles. The number of carboxylic acids is 1. The van der Waals surface area contributed by atoms with Crippen LogP contribution in [0.2, 0.25) is 0 Å². The summed E-state index contributed by atoms with van der Waals surface area (Å²) in [6.45, 7) is 3.96. The lowest BCUT2D eigenvalue weighted by Crippen LogP contribution is -2.57. The lowest BCUT2D eigenvalue weighted by atomic mass is 9.69. The number of carboxylic acid groups (broad SMARTS) is 1. The zero-order valence-electron chi connectivity index (χ0n) is 12.4. The number of methoxy groups -OCH3 is 1. The molecule has 0 radical (unpaired) electrons. The minimum Gasteiger partial charge on any atom is -0.497 e. The van der Waals surface area contributed by atoms with Crippen molar-refractivity contribution in [1.29, 1.82) is 0 Å². The zero-order chi connectivity index (χ0) is 15.8. The zero-order valence-corrected chi connectivity index (χ0v) is 13.2. The SMILES string of the molecule is COc1cccc(S(=O)(=O)C2(C(=O)O)CC(C(C)C)C2)c1. The summed E-state index contributed by atoms with van der Waals surface area (Å²) in [5, 5.41) is 9.50. The molecule has 2 rings (SSSR count). The van der Waals surface area contributed by atoms with Gasteiger partial charge in [-0.2, -0.15) is 0 Å². The van der Waals surface area contributed by atoms with Crippen LogP contribution in [-0.4, -0.2) is 31.4 Å². The second kappa shape index (κ2) is 5.33. The molecule has 116 valence electrons. The summed E-state index contributed by atoms with van der Waals surface area (Å²) in [7, 11) is -2.50. The number of hydrogen-bond donors (Lipinski definition) is 1. The summed E-state index contributed by atoms with van der Waals surface area (Å²) in [6, 6.07) is 5.98. The van der Waals surface area contributed by atoms with Gasteiger partial charge in [-0.1, -0.05) is 19.9 Å². The maximum Gasteiger partial charge on any atom is 0.325 e. The van der Waals surface area contributed by atoms with Gasteiger partial charge in [-0.25, -0.2) is 8.42 Å². The molecule has 0 aliphatic heterocycles. The van der Waals surface area contributed by atoms with E-state index in [1.54, 1.807) is 12.1 Å². The Kier molecular flexibility index (Phi) is 4.02. The Hall–Kier alpha value is -1.56. The van der Waals surface area contributed by atoms with Crippen LogP contribution in [0, 0.1) is 11.8 Å². The number of carbonyl (C=O) groups is 1. The standard InChI is InChI=1S/C15H20O5S/c1-10(2)11-8-15(9-11,14(16)17)21(18,19)13-6-4-5-12(7-13)20-3/h4-7,10-11H,8-9H2,1-3H3,(H,16,17). The van der Waals surface area contributed by atoms with Crippen molar-refractivity contribution in [1.82, 2.24) is 0 Å². The monoisotopic (exact) mass is 312 g/mol. The Bertz CT molecular complexity index is 642. The molecule has 21 heavy (non-hydrogen) atoms. The third-order valence-electron chi connectivity index (χ3n) is 4.38. The van der Waals surface area contributed by atoms with Crippen molar-refractivity contribution in [2.24, 2.45) is 11.8 Å². The molecule has 0 bridgehead atoms. The fourth-order valence-electron chi connectivity index (χ4n) is 2.76. The molecule has 1 aromatic rings. The van der Waals surface area contributed by atoms with Crippen LogP contribution in [0.4, 0.5) is 0 Å². The molecule has 0 amide bonds. The number of sulfone groups is 1. The van der Waals surface area contributed by atoms with Gasteiger partial charge < -0.3 is 9.84 Å². The van der Waals surface area contributed by atoms with Crippen molar-refractivity contribution in [3.05, 3.63) is 24.3 Å². The molecule has 0 aromatic heterocycles. The van der Waals surface area contributed by atoms with E-state index in [2.05, 4.69) is 0 Å². The van der Waals surface area contributed by atoms with Gasteiger partial charge in [-0.05, 0) is 42.9 Å². The highest BCUT2D eigenvalue weighted by atomic mass is 32.2. The van der Waals surface area contributed by atoms with Gasteiger partial charge in [0.25, 0.3) is 0 Å². The summed E-state index contributed by atoms with van der Waals surface area (Å²) < 4.78 is 28.9. The normalized spacial score (nSPS) is 25.4. The third-order valence-corrected chi connectivity index (χ3v) is 6.79. The maximum atomic E-state index is 12.8. The predicted molar refractivity (Wildman–Crippen MR) is 78.1 cm³/mol. The van der Waals surface area contributed by atoms with Crippen molar-refractivity contribution >= 4 is 15.8 Å². The number of ether oxygens (including phenoxy) is 1. The van der Waals surface area contributed by atoms with E-state index in [-0.39, 0.29) is 29.6 Å². The smallest absolute Gasteiger partial charge is 0.325 e. The van der Waals surface area contributed by atoms with Crippen molar-refractivity contribution < 1.29 is 23.1 Å². The van der Waals surface area contributed by atoms with Gasteiger partial charge in [-0.3, -0.25) is 4.79 Å². The van der Waals surface area contributed by atoms with Gasteiger partial charge in [0.15, 0.2) is 14.6 Å². The lowest BCUT2D eigenvalue weighted by molar-refractivity contribution is -0.144. The van der Waals surface area contributed by atoms with Crippen molar-refractivity contribution in [2.45, 2.75) is 36.3 Å². The van der Waals surface area contributed by atoms with Crippen LogP contribution >= 0.6 is 0 Å². The molecule has 1 N–H and O–H groups in total. The average molecular weight is 312 g/mol. The largest absolute Gasteiger partial charge is 0.497 e. The second-order valence-corrected chi connectivity index (χ2v) is 8.15. The maximum absolute atomic E-state index is 12.8. The Morgan fingerprint density at radius 3 is 2.48 bits per heavy atom. The third kappa shape index (κ3) is 2.41. The average Bonchev–Trinajstić information content (AvgIpc) is 2.36. The molecule has 0 spiro atoms. The first-order valence-corrected chi connectivity index (χ1v) is 8.35. The van der Waals surface area contributed by atoms with Crippen molar-refractivity contribution in [3.8, 4) is 5.75 Å². The van der Waals surface area contributed by atoms with Crippen LogP contribution in [0.3, 0.4) is 0 Å². The molecule has 1 saturated carbocycles. The predicted octanol–water partition coefficient (Wildman–Crippen LogP) is 2.36. The van der Waals surface area contributed by atoms with E-state index in [1.165, 1.54) is 19.2 Å². The molecule has 5 nitrogen and oxygen atoms in total. The number of hydrogen-bond acceptors (Lipinski definition) is 4. The van der Waals surface area contributed by atoms with E-state index < -0.39 is 20.6 Å². The van der Waals surface area contributed by atoms with E-state index in [1.807, 2.05) is 13.8 Å². The summed E-state index contributed by atoms with van der Waals surface area (Å²) in [6.07, 6.45) is 0.332. The van der Waals surface area contributed by atoms with E-state index in [4.69, 9.17) is 4.74 Å². The Morgan fingerprint density at radius 2 is 2.00 bits per heavy atom. The van der Waals surface area contributed by atoms with E-state index in [9.17, 15) is 18.3 Å². The van der Waals surface area contributed by atoms with Gasteiger partial charge in [0, 0.05) is 0 Å². The number of rotatable bonds is 5. The van der Waals surface area contributed by atoms with E-state index >= 15 is 0 Å². The first kappa shape index (κ1) is 15.8. The van der Waals surface area contributed by atoms with E-state index in [0.29, 0.717) is 5.75 Å². The number of aliphatic carboxylic acids is 1. The molecule has 0 unspecified atom stereocenters. The van der Waals surface area contributed by atoms with Gasteiger partial charge in [-0.15, -0.1) is 0 Å². The molecule has 6 heteroatoms. The summed E-state index contributed by atoms with van der Waals surface area (Å²) >= 11 is 0. The topological polar surface area (TPSA) is 80.7 Å². The van der Waals surface area contributed by atoms with Crippen LogP contribution < -0.4 is 4.74 Å². The van der Waals surface area contributed by atoms with Gasteiger partial charge in [0.1, 0.15) is 5.75 Å². The molecule has 1 aromatic carbocycles. The Balaban J connectivity index is 2.43. The molecular formula is C15H20O5S. The fraction of sp³-hybridized carbons (Fsp3) is 0.533. The van der Waals surface area contributed by atoms with Crippen molar-refractivity contribution in [2.75, 3.05) is 7.11 Å². The minimum absolute atomic E-state index is 0.00598. The Labute approximate surface area is 124 Å². The van der Waals surface area contributed by atoms with Crippen molar-refractivity contribution in [3.63, 3.8) is 0 Å². The highest BCUT2D eigenvalue weighted by Gasteiger charge is 2.60. The first-order chi connectivity index (χ1) is 9.74. The summed E-state index contributed by atoms with van der Waals surface area (Å²) in [4.78, 5) is 11.6. The van der Waals surface area contributed by atoms with Crippen LogP contribution in [0.5, 0.6) is 5.75 Å². The van der Waals surface area contributed by atoms with Crippen LogP contribution in [0.25, 0.3) is 0 Å². The lowest BCUT2D eigenvalue weighted by Gasteiger charge is -2.45. The number of benzene rings is 1. The summed E-state index contributed by atoms with van der Waals surface area (Å²) in [5.74, 6) is -0.460. The van der Waals surface area contributed by atoms with Gasteiger partial charge in [0.2, 0.25) is 0 Å².